The van der Waals surface area contributed by atoms with Gasteiger partial charge in [-0.2, -0.15) is 8.78 Å². The van der Waals surface area contributed by atoms with Gasteiger partial charge in [-0.15, -0.1) is 23.4 Å². The highest BCUT2D eigenvalue weighted by Gasteiger charge is 2.48. The van der Waals surface area contributed by atoms with Crippen LogP contribution in [0.2, 0.25) is 0 Å². The van der Waals surface area contributed by atoms with Crippen LogP contribution in [0, 0.1) is 17.8 Å². The number of piperidine rings is 3. The molecule has 5 aliphatic rings. The topological polar surface area (TPSA) is 107 Å². The summed E-state index contributed by atoms with van der Waals surface area (Å²) in [5.41, 5.74) is -0.726. The van der Waals surface area contributed by atoms with E-state index in [0.717, 1.165) is 0 Å². The molecular weight excluding hydrogens is 576 g/mol. The summed E-state index contributed by atoms with van der Waals surface area (Å²) in [7, 11) is 0. The Bertz CT molecular complexity index is 901. The van der Waals surface area contributed by atoms with Gasteiger partial charge in [0.1, 0.15) is 5.50 Å². The first-order valence-corrected chi connectivity index (χ1v) is 15.6. The summed E-state index contributed by atoms with van der Waals surface area (Å²) in [5.74, 6) is -1.21. The van der Waals surface area contributed by atoms with Crippen LogP contribution in [0.1, 0.15) is 39.0 Å². The molecule has 0 aromatic heterocycles. The van der Waals surface area contributed by atoms with Gasteiger partial charge < -0.3 is 20.3 Å². The zero-order chi connectivity index (χ0) is 28.6. The Kier molecular flexibility index (Phi) is 10.1. The summed E-state index contributed by atoms with van der Waals surface area (Å²) < 4.78 is 57.6. The van der Waals surface area contributed by atoms with E-state index in [1.807, 2.05) is 6.92 Å². The number of halogens is 5. The van der Waals surface area contributed by atoms with E-state index in [2.05, 4.69) is 26.6 Å². The number of likely N-dealkylation sites (tertiary alicyclic amines) is 1. The van der Waals surface area contributed by atoms with Crippen molar-refractivity contribution >= 4 is 35.2 Å². The van der Waals surface area contributed by atoms with Crippen LogP contribution in [0.5, 0.6) is 0 Å². The van der Waals surface area contributed by atoms with Crippen LogP contribution in [0.3, 0.4) is 0 Å². The highest BCUT2D eigenvalue weighted by atomic mass is 35.5. The van der Waals surface area contributed by atoms with Gasteiger partial charge in [-0.25, -0.2) is 8.78 Å². The molecule has 15 heteroatoms. The first kappa shape index (κ1) is 30.6. The number of thioether (sulfide) groups is 1. The highest BCUT2D eigenvalue weighted by Crippen LogP contribution is 2.39. The Hall–Kier alpha value is -0.900. The Balaban J connectivity index is 1.16. The first-order valence-electron chi connectivity index (χ1n) is 14.2. The Morgan fingerprint density at radius 3 is 2.58 bits per heavy atom. The Morgan fingerprint density at radius 1 is 1.05 bits per heavy atom. The minimum absolute atomic E-state index is 0.0284. The molecule has 2 amide bonds. The van der Waals surface area contributed by atoms with Crippen molar-refractivity contribution in [3.63, 3.8) is 0 Å². The highest BCUT2D eigenvalue weighted by molar-refractivity contribution is 8.00. The van der Waals surface area contributed by atoms with Crippen LogP contribution in [0.15, 0.2) is 0 Å². The molecule has 228 valence electrons. The molecule has 0 aromatic rings. The molecule has 11 atom stereocenters. The fourth-order valence-electron chi connectivity index (χ4n) is 7.05. The number of amides is 2. The third-order valence-electron chi connectivity index (χ3n) is 9.04. The number of hydrogen-bond donors (Lipinski definition) is 5. The van der Waals surface area contributed by atoms with Crippen molar-refractivity contribution in [2.24, 2.45) is 17.8 Å². The van der Waals surface area contributed by atoms with Crippen LogP contribution < -0.4 is 26.6 Å². The second-order valence-corrected chi connectivity index (χ2v) is 13.6. The van der Waals surface area contributed by atoms with Crippen LogP contribution in [0.4, 0.5) is 17.6 Å². The number of alkyl halides is 5. The number of carbonyl (C=O) groups is 2. The summed E-state index contributed by atoms with van der Waals surface area (Å²) in [4.78, 5) is 28.3. The molecule has 5 fully saturated rings. The third kappa shape index (κ3) is 7.00. The van der Waals surface area contributed by atoms with E-state index in [1.54, 1.807) is 16.7 Å². The quantitative estimate of drug-likeness (QED) is 0.167. The van der Waals surface area contributed by atoms with Crippen LogP contribution in [0.25, 0.3) is 0 Å². The van der Waals surface area contributed by atoms with Gasteiger partial charge in [0.2, 0.25) is 11.8 Å². The van der Waals surface area contributed by atoms with Gasteiger partial charge in [-0.05, 0) is 50.9 Å². The van der Waals surface area contributed by atoms with Gasteiger partial charge in [0, 0.05) is 43.5 Å². The fourth-order valence-corrected chi connectivity index (χ4v) is 8.75. The number of hydrogen-bond acceptors (Lipinski definition) is 8. The molecule has 11 unspecified atom stereocenters. The van der Waals surface area contributed by atoms with E-state index in [0.29, 0.717) is 51.7 Å². The first-order chi connectivity index (χ1) is 19.1. The molecule has 40 heavy (non-hydrogen) atoms. The van der Waals surface area contributed by atoms with E-state index in [-0.39, 0.29) is 58.5 Å². The van der Waals surface area contributed by atoms with Crippen LogP contribution in [-0.4, -0.2) is 102 Å². The zero-order valence-corrected chi connectivity index (χ0v) is 23.9. The monoisotopic (exact) mass is 614 g/mol. The zero-order valence-electron chi connectivity index (χ0n) is 22.3. The Labute approximate surface area is 241 Å². The molecular formula is C25H39ClF4N6O3S. The molecule has 0 bridgehead atoms. The van der Waals surface area contributed by atoms with E-state index >= 15 is 0 Å². The largest absolute Gasteiger partial charge is 0.345 e. The number of nitrogens with one attached hydrogen (secondary N) is 5. The van der Waals surface area contributed by atoms with Gasteiger partial charge >= 0.3 is 6.61 Å². The van der Waals surface area contributed by atoms with Crippen LogP contribution in [-0.2, 0) is 14.3 Å². The van der Waals surface area contributed by atoms with E-state index < -0.39 is 37.1 Å². The molecule has 0 aliphatic carbocycles. The molecule has 0 radical (unpaired) electrons. The molecule has 0 spiro atoms. The second-order valence-electron chi connectivity index (χ2n) is 11.7. The lowest BCUT2D eigenvalue weighted by molar-refractivity contribution is -0.189. The van der Waals surface area contributed by atoms with Gasteiger partial charge in [-0.3, -0.25) is 25.5 Å². The van der Waals surface area contributed by atoms with Crippen molar-refractivity contribution in [3.8, 4) is 0 Å². The number of rotatable bonds is 7. The fraction of sp³-hybridized carbons (Fsp3) is 0.920. The maximum Gasteiger partial charge on any atom is 0.345 e. The summed E-state index contributed by atoms with van der Waals surface area (Å²) >= 11 is 7.88. The lowest BCUT2D eigenvalue weighted by atomic mass is 9.70. The SMILES string of the molecule is CC1CC(C2CC(Cl)NCC2OC(F)F)C(C(=O)NC2NC3CN(C(=O)C4CCCC(C(F)F)N4)CC3S2)CN1. The second kappa shape index (κ2) is 13.2. The molecule has 5 aliphatic heterocycles. The van der Waals surface area contributed by atoms with Crippen molar-refractivity contribution in [2.45, 2.75) is 98.6 Å². The predicted molar refractivity (Wildman–Crippen MR) is 143 cm³/mol. The van der Waals surface area contributed by atoms with Gasteiger partial charge in [-0.1, -0.05) is 0 Å². The molecule has 5 saturated heterocycles. The minimum atomic E-state index is -2.91. The lowest BCUT2D eigenvalue weighted by Gasteiger charge is -2.45. The van der Waals surface area contributed by atoms with Crippen molar-refractivity contribution in [1.82, 2.24) is 31.5 Å². The standard InChI is InChI=1S/C25H39ClF4N6O3S/c1-11-5-12(13-6-20(26)32-8-18(13)39-24(29)30)14(7-31-11)22(37)35-25-34-17-9-36(10-19(17)40-25)23(38)16-4-2-3-15(33-16)21(27)28/h11-21,24-25,31-34H,2-10H2,1H3,(H,35,37). The van der Waals surface area contributed by atoms with Crippen molar-refractivity contribution in [1.29, 1.82) is 0 Å². The summed E-state index contributed by atoms with van der Waals surface area (Å²) in [6, 6.07) is -1.44. The molecule has 5 rings (SSSR count). The normalized spacial score (nSPS) is 42.3. The average Bonchev–Trinajstić information content (AvgIpc) is 3.47. The number of fused-ring (bicyclic) bond motifs is 1. The van der Waals surface area contributed by atoms with Crippen molar-refractivity contribution in [2.75, 3.05) is 26.2 Å². The smallest absolute Gasteiger partial charge is 0.339 e. The summed E-state index contributed by atoms with van der Waals surface area (Å²) in [6.07, 6.45) is -0.654. The molecule has 5 N–H and O–H groups in total. The van der Waals surface area contributed by atoms with Crippen LogP contribution >= 0.6 is 23.4 Å². The average molecular weight is 615 g/mol. The maximum atomic E-state index is 13.5. The van der Waals surface area contributed by atoms with Crippen molar-refractivity contribution in [3.05, 3.63) is 0 Å². The number of ether oxygens (including phenoxy) is 1. The van der Waals surface area contributed by atoms with Gasteiger partial charge in [0.05, 0.1) is 29.6 Å². The van der Waals surface area contributed by atoms with E-state index in [4.69, 9.17) is 16.3 Å². The minimum Gasteiger partial charge on any atom is -0.339 e. The lowest BCUT2D eigenvalue weighted by Crippen LogP contribution is -2.58. The van der Waals surface area contributed by atoms with Gasteiger partial charge in [0.15, 0.2) is 0 Å². The summed E-state index contributed by atoms with van der Waals surface area (Å²) in [6.45, 7) is 0.670. The molecule has 0 saturated carbocycles. The maximum absolute atomic E-state index is 13.5. The molecule has 5 heterocycles. The van der Waals surface area contributed by atoms with E-state index in [1.165, 1.54) is 0 Å². The predicted octanol–water partition coefficient (Wildman–Crippen LogP) is 1.47. The molecule has 9 nitrogen and oxygen atoms in total. The number of carbonyl (C=O) groups excluding carboxylic acids is 2. The third-order valence-corrected chi connectivity index (χ3v) is 10.7. The Morgan fingerprint density at radius 2 is 1.85 bits per heavy atom. The summed E-state index contributed by atoms with van der Waals surface area (Å²) in [5, 5.41) is 15.7. The number of nitrogens with zero attached hydrogens (tertiary/aromatic N) is 1. The van der Waals surface area contributed by atoms with Gasteiger partial charge in [0.25, 0.3) is 6.43 Å². The van der Waals surface area contributed by atoms with Crippen molar-refractivity contribution < 1.29 is 31.9 Å². The molecule has 0 aromatic carbocycles. The van der Waals surface area contributed by atoms with E-state index in [9.17, 15) is 27.2 Å².